The first-order valence-electron chi connectivity index (χ1n) is 8.04. The van der Waals surface area contributed by atoms with Gasteiger partial charge in [0.1, 0.15) is 6.04 Å². The lowest BCUT2D eigenvalue weighted by Gasteiger charge is -2.13. The fourth-order valence-corrected chi connectivity index (χ4v) is 2.47. The molecule has 0 aliphatic carbocycles. The summed E-state index contributed by atoms with van der Waals surface area (Å²) in [5.41, 5.74) is 0.892. The minimum absolute atomic E-state index is 0.111. The predicted octanol–water partition coefficient (Wildman–Crippen LogP) is 0.565. The molecule has 1 aliphatic rings. The largest absolute Gasteiger partial charge is 0.355 e. The highest BCUT2D eigenvalue weighted by molar-refractivity contribution is 6.04. The molecule has 1 heterocycles. The van der Waals surface area contributed by atoms with E-state index in [0.29, 0.717) is 13.0 Å². The van der Waals surface area contributed by atoms with Gasteiger partial charge in [-0.25, -0.2) is 4.79 Å². The molecule has 0 aromatic heterocycles. The van der Waals surface area contributed by atoms with Gasteiger partial charge in [0.25, 0.3) is 5.91 Å². The molecule has 1 aromatic rings. The van der Waals surface area contributed by atoms with E-state index in [-0.39, 0.29) is 24.8 Å². The number of rotatable bonds is 8. The number of amides is 4. The normalized spacial score (nSPS) is 17.3. The van der Waals surface area contributed by atoms with Crippen LogP contribution in [0.1, 0.15) is 18.4 Å². The van der Waals surface area contributed by atoms with Crippen molar-refractivity contribution in [1.29, 1.82) is 0 Å². The highest BCUT2D eigenvalue weighted by Gasteiger charge is 2.37. The summed E-state index contributed by atoms with van der Waals surface area (Å²) in [6.45, 7) is 1.57. The number of carbonyl (C=O) groups is 3. The number of likely N-dealkylation sites (N-methyl/N-ethyl adjacent to an activating group) is 1. The zero-order valence-corrected chi connectivity index (χ0v) is 14.1. The SMILES string of the molecule is CN(C)CCNC(=O)CC[C@@H]1NC(=O)N(Cc2ccccc2)C1=O. The number of hydrogen-bond donors (Lipinski definition) is 2. The van der Waals surface area contributed by atoms with Crippen molar-refractivity contribution in [2.24, 2.45) is 0 Å². The van der Waals surface area contributed by atoms with Crippen LogP contribution in [0, 0.1) is 0 Å². The molecule has 0 unspecified atom stereocenters. The fourth-order valence-electron chi connectivity index (χ4n) is 2.47. The highest BCUT2D eigenvalue weighted by atomic mass is 16.2. The summed E-state index contributed by atoms with van der Waals surface area (Å²) in [6, 6.07) is 8.32. The second-order valence-electron chi connectivity index (χ2n) is 6.10. The van der Waals surface area contributed by atoms with Crippen molar-refractivity contribution in [3.8, 4) is 0 Å². The van der Waals surface area contributed by atoms with Gasteiger partial charge in [-0.05, 0) is 26.1 Å². The van der Waals surface area contributed by atoms with E-state index in [1.165, 1.54) is 4.90 Å². The summed E-state index contributed by atoms with van der Waals surface area (Å²) in [5.74, 6) is -0.384. The van der Waals surface area contributed by atoms with Gasteiger partial charge in [-0.15, -0.1) is 0 Å². The molecule has 4 amide bonds. The van der Waals surface area contributed by atoms with Crippen LogP contribution >= 0.6 is 0 Å². The number of benzene rings is 1. The van der Waals surface area contributed by atoms with Gasteiger partial charge in [-0.3, -0.25) is 14.5 Å². The Hall–Kier alpha value is -2.41. The molecule has 0 radical (unpaired) electrons. The number of urea groups is 1. The summed E-state index contributed by atoms with van der Waals surface area (Å²) < 4.78 is 0. The van der Waals surface area contributed by atoms with Crippen LogP contribution in [0.2, 0.25) is 0 Å². The van der Waals surface area contributed by atoms with E-state index < -0.39 is 12.1 Å². The smallest absolute Gasteiger partial charge is 0.325 e. The molecule has 7 nitrogen and oxygen atoms in total. The molecular formula is C17H24N4O3. The average Bonchev–Trinajstić information content (AvgIpc) is 2.81. The molecule has 0 bridgehead atoms. The Labute approximate surface area is 142 Å². The number of imide groups is 1. The monoisotopic (exact) mass is 332 g/mol. The van der Waals surface area contributed by atoms with Crippen LogP contribution in [-0.4, -0.2) is 60.9 Å². The second-order valence-corrected chi connectivity index (χ2v) is 6.10. The van der Waals surface area contributed by atoms with Crippen molar-refractivity contribution in [2.75, 3.05) is 27.2 Å². The van der Waals surface area contributed by atoms with Gasteiger partial charge in [0, 0.05) is 19.5 Å². The van der Waals surface area contributed by atoms with E-state index in [0.717, 1.165) is 12.1 Å². The number of nitrogens with zero attached hydrogens (tertiary/aromatic N) is 2. The molecule has 0 saturated carbocycles. The second kappa shape index (κ2) is 8.44. The lowest BCUT2D eigenvalue weighted by Crippen LogP contribution is -2.34. The minimum atomic E-state index is -0.624. The zero-order valence-electron chi connectivity index (χ0n) is 14.1. The molecule has 1 aliphatic heterocycles. The fraction of sp³-hybridized carbons (Fsp3) is 0.471. The third-order valence-electron chi connectivity index (χ3n) is 3.83. The first kappa shape index (κ1) is 17.9. The molecule has 1 fully saturated rings. The van der Waals surface area contributed by atoms with E-state index in [2.05, 4.69) is 10.6 Å². The summed E-state index contributed by atoms with van der Waals surface area (Å²) >= 11 is 0. The maximum absolute atomic E-state index is 12.3. The lowest BCUT2D eigenvalue weighted by molar-refractivity contribution is -0.128. The van der Waals surface area contributed by atoms with Gasteiger partial charge < -0.3 is 15.5 Å². The topological polar surface area (TPSA) is 81.8 Å². The van der Waals surface area contributed by atoms with Crippen LogP contribution in [0.5, 0.6) is 0 Å². The van der Waals surface area contributed by atoms with E-state index in [4.69, 9.17) is 0 Å². The quantitative estimate of drug-likeness (QED) is 0.682. The molecule has 2 N–H and O–H groups in total. The molecule has 1 atom stereocenters. The van der Waals surface area contributed by atoms with Crippen LogP contribution in [0.4, 0.5) is 4.79 Å². The van der Waals surface area contributed by atoms with Crippen LogP contribution < -0.4 is 10.6 Å². The van der Waals surface area contributed by atoms with Gasteiger partial charge in [0.15, 0.2) is 0 Å². The predicted molar refractivity (Wildman–Crippen MR) is 90.1 cm³/mol. The number of hydrogen-bond acceptors (Lipinski definition) is 4. The van der Waals surface area contributed by atoms with Crippen LogP contribution in [0.25, 0.3) is 0 Å². The van der Waals surface area contributed by atoms with Crippen LogP contribution in [0.15, 0.2) is 30.3 Å². The van der Waals surface area contributed by atoms with Crippen molar-refractivity contribution < 1.29 is 14.4 Å². The van der Waals surface area contributed by atoms with Crippen LogP contribution in [-0.2, 0) is 16.1 Å². The van der Waals surface area contributed by atoms with Crippen molar-refractivity contribution in [3.63, 3.8) is 0 Å². The van der Waals surface area contributed by atoms with Crippen molar-refractivity contribution in [2.45, 2.75) is 25.4 Å². The van der Waals surface area contributed by atoms with Gasteiger partial charge in [-0.2, -0.15) is 0 Å². The molecule has 1 aromatic carbocycles. The molecule has 24 heavy (non-hydrogen) atoms. The molecule has 0 spiro atoms. The Morgan fingerprint density at radius 2 is 1.96 bits per heavy atom. The Bertz CT molecular complexity index is 589. The minimum Gasteiger partial charge on any atom is -0.355 e. The summed E-state index contributed by atoms with van der Waals surface area (Å²) in [6.07, 6.45) is 0.521. The van der Waals surface area contributed by atoms with Crippen LogP contribution in [0.3, 0.4) is 0 Å². The molecule has 130 valence electrons. The van der Waals surface area contributed by atoms with E-state index >= 15 is 0 Å². The van der Waals surface area contributed by atoms with Gasteiger partial charge in [0.05, 0.1) is 6.54 Å². The van der Waals surface area contributed by atoms with Gasteiger partial charge >= 0.3 is 6.03 Å². The highest BCUT2D eigenvalue weighted by Crippen LogP contribution is 2.14. The number of nitrogens with one attached hydrogen (secondary N) is 2. The van der Waals surface area contributed by atoms with Gasteiger partial charge in [-0.1, -0.05) is 30.3 Å². The third-order valence-corrected chi connectivity index (χ3v) is 3.83. The van der Waals surface area contributed by atoms with Crippen molar-refractivity contribution in [1.82, 2.24) is 20.4 Å². The zero-order chi connectivity index (χ0) is 17.5. The molecule has 1 saturated heterocycles. The standard InChI is InChI=1S/C17H24N4O3/c1-20(2)11-10-18-15(22)9-8-14-16(23)21(17(24)19-14)12-13-6-4-3-5-7-13/h3-7,14H,8-12H2,1-2H3,(H,18,22)(H,19,24)/t14-/m0/s1. The summed E-state index contributed by atoms with van der Waals surface area (Å²) in [4.78, 5) is 39.3. The molecular weight excluding hydrogens is 308 g/mol. The van der Waals surface area contributed by atoms with E-state index in [9.17, 15) is 14.4 Å². The van der Waals surface area contributed by atoms with E-state index in [1.54, 1.807) is 0 Å². The lowest BCUT2D eigenvalue weighted by atomic mass is 10.1. The van der Waals surface area contributed by atoms with E-state index in [1.807, 2.05) is 49.3 Å². The number of carbonyl (C=O) groups excluding carboxylic acids is 3. The van der Waals surface area contributed by atoms with Crippen molar-refractivity contribution in [3.05, 3.63) is 35.9 Å². The Kier molecular flexibility index (Phi) is 6.31. The van der Waals surface area contributed by atoms with Gasteiger partial charge in [0.2, 0.25) is 5.91 Å². The summed E-state index contributed by atoms with van der Waals surface area (Å²) in [7, 11) is 3.86. The summed E-state index contributed by atoms with van der Waals surface area (Å²) in [5, 5.41) is 5.45. The third kappa shape index (κ3) is 5.06. The first-order valence-corrected chi connectivity index (χ1v) is 8.04. The Morgan fingerprint density at radius 3 is 2.62 bits per heavy atom. The van der Waals surface area contributed by atoms with Crippen molar-refractivity contribution >= 4 is 17.8 Å². The Morgan fingerprint density at radius 1 is 1.25 bits per heavy atom. The average molecular weight is 332 g/mol. The molecule has 7 heteroatoms. The first-order chi connectivity index (χ1) is 11.5. The Balaban J connectivity index is 1.80. The maximum Gasteiger partial charge on any atom is 0.325 e. The molecule has 2 rings (SSSR count). The maximum atomic E-state index is 12.3.